The molecule has 1 atom stereocenters. The maximum atomic E-state index is 11.8. The lowest BCUT2D eigenvalue weighted by atomic mass is 9.69. The molecule has 3 heteroatoms. The molecule has 1 unspecified atom stereocenters. The highest BCUT2D eigenvalue weighted by Crippen LogP contribution is 2.43. The molecule has 0 aromatic rings. The van der Waals surface area contributed by atoms with Crippen LogP contribution in [0.4, 0.5) is 0 Å². The van der Waals surface area contributed by atoms with Crippen LogP contribution in [0.3, 0.4) is 0 Å². The first kappa shape index (κ1) is 23.6. The minimum atomic E-state index is -0.425. The summed E-state index contributed by atoms with van der Waals surface area (Å²) in [6.07, 6.45) is 22.3. The SMILES string of the molecule is C=C(CO)C(=O)OC1CCC(C2CC=C(C3CCC(CCCCC)CC3)CC2)CC1. The summed E-state index contributed by atoms with van der Waals surface area (Å²) in [4.78, 5) is 11.8. The fourth-order valence-electron chi connectivity index (χ4n) is 6.16. The van der Waals surface area contributed by atoms with Gasteiger partial charge in [0.15, 0.2) is 0 Å². The van der Waals surface area contributed by atoms with E-state index >= 15 is 0 Å². The average molecular weight is 417 g/mol. The Bertz CT molecular complexity index is 577. The molecule has 0 aromatic carbocycles. The fourth-order valence-corrected chi connectivity index (χ4v) is 6.16. The maximum Gasteiger partial charge on any atom is 0.336 e. The average Bonchev–Trinajstić information content (AvgIpc) is 2.80. The number of hydrogen-bond donors (Lipinski definition) is 1. The zero-order valence-corrected chi connectivity index (χ0v) is 19.2. The smallest absolute Gasteiger partial charge is 0.336 e. The van der Waals surface area contributed by atoms with Crippen molar-refractivity contribution in [1.29, 1.82) is 0 Å². The standard InChI is InChI=1S/C27H44O3/c1-3-4-5-6-21-7-9-22(10-8-21)23-11-13-24(14-12-23)25-15-17-26(18-16-25)30-27(29)20(2)19-28/h11,21-22,24-26,28H,2-10,12-19H2,1H3. The van der Waals surface area contributed by atoms with Crippen molar-refractivity contribution in [2.75, 3.05) is 6.61 Å². The lowest BCUT2D eigenvalue weighted by Gasteiger charge is -2.37. The molecule has 0 saturated heterocycles. The largest absolute Gasteiger partial charge is 0.459 e. The van der Waals surface area contributed by atoms with Crippen LogP contribution in [-0.2, 0) is 9.53 Å². The Balaban J connectivity index is 1.36. The topological polar surface area (TPSA) is 46.5 Å². The van der Waals surface area contributed by atoms with E-state index in [1.807, 2.05) is 0 Å². The molecule has 0 bridgehead atoms. The Labute approximate surface area is 184 Å². The highest BCUT2D eigenvalue weighted by atomic mass is 16.5. The minimum absolute atomic E-state index is 0.0132. The third kappa shape index (κ3) is 6.70. The van der Waals surface area contributed by atoms with E-state index in [0.717, 1.165) is 36.5 Å². The predicted octanol–water partition coefficient (Wildman–Crippen LogP) is 6.75. The van der Waals surface area contributed by atoms with Gasteiger partial charge in [0.2, 0.25) is 0 Å². The van der Waals surface area contributed by atoms with Crippen molar-refractivity contribution in [2.45, 2.75) is 109 Å². The van der Waals surface area contributed by atoms with Gasteiger partial charge in [-0.2, -0.15) is 0 Å². The normalized spacial score (nSPS) is 32.3. The third-order valence-corrected chi connectivity index (χ3v) is 8.21. The van der Waals surface area contributed by atoms with Crippen LogP contribution >= 0.6 is 0 Å². The molecular formula is C27H44O3. The summed E-state index contributed by atoms with van der Waals surface area (Å²) in [5.74, 6) is 3.06. The van der Waals surface area contributed by atoms with Crippen molar-refractivity contribution < 1.29 is 14.6 Å². The summed E-state index contributed by atoms with van der Waals surface area (Å²) < 4.78 is 5.51. The van der Waals surface area contributed by atoms with Gasteiger partial charge < -0.3 is 9.84 Å². The molecule has 0 amide bonds. The van der Waals surface area contributed by atoms with E-state index in [9.17, 15) is 4.79 Å². The van der Waals surface area contributed by atoms with E-state index < -0.39 is 5.97 Å². The van der Waals surface area contributed by atoms with Crippen LogP contribution in [0.2, 0.25) is 0 Å². The van der Waals surface area contributed by atoms with Crippen LogP contribution in [0.1, 0.15) is 103 Å². The number of carbonyl (C=O) groups excluding carboxylic acids is 1. The molecule has 0 radical (unpaired) electrons. The number of aliphatic hydroxyl groups is 1. The van der Waals surface area contributed by atoms with Crippen LogP contribution in [0, 0.1) is 23.7 Å². The van der Waals surface area contributed by atoms with Crippen molar-refractivity contribution in [1.82, 2.24) is 0 Å². The molecule has 3 aliphatic rings. The monoisotopic (exact) mass is 416 g/mol. The molecule has 0 aliphatic heterocycles. The maximum absolute atomic E-state index is 11.8. The molecule has 0 heterocycles. The second-order valence-electron chi connectivity index (χ2n) is 10.2. The van der Waals surface area contributed by atoms with Gasteiger partial charge in [-0.05, 0) is 94.3 Å². The quantitative estimate of drug-likeness (QED) is 0.196. The van der Waals surface area contributed by atoms with Gasteiger partial charge in [0.1, 0.15) is 6.10 Å². The minimum Gasteiger partial charge on any atom is -0.459 e. The molecule has 0 aromatic heterocycles. The Morgan fingerprint density at radius 2 is 1.77 bits per heavy atom. The van der Waals surface area contributed by atoms with Crippen molar-refractivity contribution >= 4 is 5.97 Å². The second-order valence-corrected chi connectivity index (χ2v) is 10.2. The molecule has 2 fully saturated rings. The number of aliphatic hydroxyl groups excluding tert-OH is 1. The summed E-state index contributed by atoms with van der Waals surface area (Å²) in [5.41, 5.74) is 1.94. The van der Waals surface area contributed by atoms with Gasteiger partial charge in [0, 0.05) is 0 Å². The summed E-state index contributed by atoms with van der Waals surface area (Å²) in [6.45, 7) is 5.55. The van der Waals surface area contributed by atoms with E-state index in [1.165, 1.54) is 83.5 Å². The van der Waals surface area contributed by atoms with Crippen LogP contribution in [0.5, 0.6) is 0 Å². The Hall–Kier alpha value is -1.09. The van der Waals surface area contributed by atoms with E-state index in [2.05, 4.69) is 19.6 Å². The van der Waals surface area contributed by atoms with Crippen LogP contribution in [-0.4, -0.2) is 23.8 Å². The lowest BCUT2D eigenvalue weighted by molar-refractivity contribution is -0.146. The van der Waals surface area contributed by atoms with Gasteiger partial charge >= 0.3 is 5.97 Å². The molecule has 30 heavy (non-hydrogen) atoms. The predicted molar refractivity (Wildman–Crippen MR) is 123 cm³/mol. The number of ether oxygens (including phenoxy) is 1. The molecular weight excluding hydrogens is 372 g/mol. The molecule has 3 rings (SSSR count). The Morgan fingerprint density at radius 1 is 1.03 bits per heavy atom. The zero-order chi connectivity index (χ0) is 21.3. The molecule has 170 valence electrons. The van der Waals surface area contributed by atoms with Gasteiger partial charge in [0.05, 0.1) is 12.2 Å². The zero-order valence-electron chi connectivity index (χ0n) is 19.2. The Morgan fingerprint density at radius 3 is 2.37 bits per heavy atom. The second kappa shape index (κ2) is 12.1. The number of rotatable bonds is 9. The number of carbonyl (C=O) groups is 1. The van der Waals surface area contributed by atoms with Crippen LogP contribution in [0.25, 0.3) is 0 Å². The molecule has 1 N–H and O–H groups in total. The van der Waals surface area contributed by atoms with Gasteiger partial charge in [-0.1, -0.05) is 50.8 Å². The number of hydrogen-bond acceptors (Lipinski definition) is 3. The van der Waals surface area contributed by atoms with Gasteiger partial charge in [0.25, 0.3) is 0 Å². The summed E-state index contributed by atoms with van der Waals surface area (Å²) in [5, 5.41) is 9.01. The van der Waals surface area contributed by atoms with E-state index in [4.69, 9.17) is 9.84 Å². The van der Waals surface area contributed by atoms with Gasteiger partial charge in [-0.25, -0.2) is 4.79 Å². The lowest BCUT2D eigenvalue weighted by Crippen LogP contribution is -2.29. The number of unbranched alkanes of at least 4 members (excludes halogenated alkanes) is 2. The first-order chi connectivity index (χ1) is 14.6. The first-order valence-electron chi connectivity index (χ1n) is 12.8. The van der Waals surface area contributed by atoms with Crippen LogP contribution in [0.15, 0.2) is 23.8 Å². The number of esters is 1. The van der Waals surface area contributed by atoms with Gasteiger partial charge in [-0.3, -0.25) is 0 Å². The molecule has 3 nitrogen and oxygen atoms in total. The molecule has 3 aliphatic carbocycles. The molecule has 0 spiro atoms. The number of allylic oxidation sites excluding steroid dienone is 2. The highest BCUT2D eigenvalue weighted by Gasteiger charge is 2.32. The van der Waals surface area contributed by atoms with Crippen LogP contribution < -0.4 is 0 Å². The van der Waals surface area contributed by atoms with Crippen molar-refractivity contribution in [2.24, 2.45) is 23.7 Å². The summed E-state index contributed by atoms with van der Waals surface area (Å²) in [6, 6.07) is 0. The van der Waals surface area contributed by atoms with Crippen molar-refractivity contribution in [3.05, 3.63) is 23.8 Å². The fraction of sp³-hybridized carbons (Fsp3) is 0.815. The summed E-state index contributed by atoms with van der Waals surface area (Å²) >= 11 is 0. The summed E-state index contributed by atoms with van der Waals surface area (Å²) in [7, 11) is 0. The van der Waals surface area contributed by atoms with E-state index in [1.54, 1.807) is 5.57 Å². The van der Waals surface area contributed by atoms with E-state index in [-0.39, 0.29) is 18.3 Å². The first-order valence-corrected chi connectivity index (χ1v) is 12.8. The third-order valence-electron chi connectivity index (χ3n) is 8.21. The highest BCUT2D eigenvalue weighted by molar-refractivity contribution is 5.88. The van der Waals surface area contributed by atoms with Crippen molar-refractivity contribution in [3.8, 4) is 0 Å². The van der Waals surface area contributed by atoms with Crippen molar-refractivity contribution in [3.63, 3.8) is 0 Å². The van der Waals surface area contributed by atoms with Gasteiger partial charge in [-0.15, -0.1) is 0 Å². The van der Waals surface area contributed by atoms with E-state index in [0.29, 0.717) is 0 Å². The Kier molecular flexibility index (Phi) is 9.49. The molecule has 2 saturated carbocycles.